The first-order valence-electron chi connectivity index (χ1n) is 7.30. The summed E-state index contributed by atoms with van der Waals surface area (Å²) < 4.78 is 2.50. The van der Waals surface area contributed by atoms with Gasteiger partial charge in [0, 0.05) is 24.8 Å². The van der Waals surface area contributed by atoms with Crippen LogP contribution in [0.25, 0.3) is 5.65 Å². The molecule has 5 nitrogen and oxygen atoms in total. The maximum absolute atomic E-state index is 12.6. The fourth-order valence-corrected chi connectivity index (χ4v) is 2.73. The Labute approximate surface area is 133 Å². The van der Waals surface area contributed by atoms with Gasteiger partial charge in [-0.15, -0.1) is 0 Å². The number of hydrogen-bond donors (Lipinski definition) is 0. The van der Waals surface area contributed by atoms with Gasteiger partial charge in [-0.1, -0.05) is 20.3 Å². The third kappa shape index (κ3) is 3.26. The van der Waals surface area contributed by atoms with Crippen molar-refractivity contribution < 1.29 is 4.79 Å². The van der Waals surface area contributed by atoms with Crippen molar-refractivity contribution in [2.45, 2.75) is 46.1 Å². The summed E-state index contributed by atoms with van der Waals surface area (Å²) in [4.78, 5) is 18.8. The van der Waals surface area contributed by atoms with Crippen molar-refractivity contribution in [3.63, 3.8) is 0 Å². The number of hydrogen-bond acceptors (Lipinski definition) is 3. The summed E-state index contributed by atoms with van der Waals surface area (Å²) in [7, 11) is 1.84. The van der Waals surface area contributed by atoms with Gasteiger partial charge in [0.05, 0.1) is 0 Å². The largest absolute Gasteiger partial charge is 0.338 e. The van der Waals surface area contributed by atoms with Crippen molar-refractivity contribution >= 4 is 27.5 Å². The summed E-state index contributed by atoms with van der Waals surface area (Å²) in [5.41, 5.74) is 2.16. The van der Waals surface area contributed by atoms with Gasteiger partial charge in [0.1, 0.15) is 10.3 Å². The molecule has 0 aliphatic heterocycles. The molecule has 0 N–H and O–H groups in total. The second kappa shape index (κ2) is 6.56. The number of fused-ring (bicyclic) bond motifs is 1. The normalized spacial score (nSPS) is 12.6. The third-order valence-corrected chi connectivity index (χ3v) is 4.13. The third-order valence-electron chi connectivity index (χ3n) is 3.74. The van der Waals surface area contributed by atoms with Gasteiger partial charge in [-0.05, 0) is 41.8 Å². The summed E-state index contributed by atoms with van der Waals surface area (Å²) in [5, 5.41) is 4.34. The van der Waals surface area contributed by atoms with Crippen molar-refractivity contribution in [3.8, 4) is 0 Å². The van der Waals surface area contributed by atoms with E-state index >= 15 is 0 Å². The molecule has 2 rings (SSSR count). The first kappa shape index (κ1) is 15.9. The Bertz CT molecular complexity index is 652. The van der Waals surface area contributed by atoms with Gasteiger partial charge in [0.25, 0.3) is 5.91 Å². The van der Waals surface area contributed by atoms with Gasteiger partial charge in [-0.3, -0.25) is 4.79 Å². The highest BCUT2D eigenvalue weighted by Gasteiger charge is 2.20. The molecule has 0 radical (unpaired) electrons. The molecule has 114 valence electrons. The Hall–Kier alpha value is -1.43. The summed E-state index contributed by atoms with van der Waals surface area (Å²) in [6.07, 6.45) is 2.84. The molecule has 0 bridgehead atoms. The van der Waals surface area contributed by atoms with Crippen LogP contribution in [0.5, 0.6) is 0 Å². The second-order valence-corrected chi connectivity index (χ2v) is 6.09. The smallest absolute Gasteiger partial charge is 0.272 e. The van der Waals surface area contributed by atoms with E-state index in [1.807, 2.05) is 26.1 Å². The van der Waals surface area contributed by atoms with E-state index < -0.39 is 0 Å². The minimum Gasteiger partial charge on any atom is -0.338 e. The topological polar surface area (TPSA) is 50.5 Å². The molecule has 1 amide bonds. The van der Waals surface area contributed by atoms with Gasteiger partial charge in [-0.2, -0.15) is 5.10 Å². The Morgan fingerprint density at radius 1 is 1.43 bits per heavy atom. The van der Waals surface area contributed by atoms with Crippen molar-refractivity contribution in [1.29, 1.82) is 0 Å². The van der Waals surface area contributed by atoms with Gasteiger partial charge in [-0.25, -0.2) is 9.50 Å². The fraction of sp³-hybridized carbons (Fsp3) is 0.533. The van der Waals surface area contributed by atoms with Gasteiger partial charge < -0.3 is 4.90 Å². The summed E-state index contributed by atoms with van der Waals surface area (Å²) >= 11 is 3.35. The van der Waals surface area contributed by atoms with E-state index in [0.717, 1.165) is 29.6 Å². The summed E-state index contributed by atoms with van der Waals surface area (Å²) in [6, 6.07) is 3.87. The SMILES string of the molecule is CCCC(C)N(C)C(=O)c1cc(CC)n2nc(Br)cc2n1. The average molecular weight is 353 g/mol. The van der Waals surface area contributed by atoms with Crippen molar-refractivity contribution in [2.24, 2.45) is 0 Å². The van der Waals surface area contributed by atoms with Crippen molar-refractivity contribution in [3.05, 3.63) is 28.1 Å². The van der Waals surface area contributed by atoms with Crippen LogP contribution in [0.2, 0.25) is 0 Å². The minimum atomic E-state index is -0.0366. The molecule has 0 aliphatic rings. The van der Waals surface area contributed by atoms with Crippen LogP contribution < -0.4 is 0 Å². The predicted octanol–water partition coefficient (Wildman–Crippen LogP) is 3.31. The number of rotatable bonds is 5. The molecule has 2 heterocycles. The number of aromatic nitrogens is 3. The van der Waals surface area contributed by atoms with Crippen molar-refractivity contribution in [1.82, 2.24) is 19.5 Å². The van der Waals surface area contributed by atoms with E-state index in [1.54, 1.807) is 9.42 Å². The minimum absolute atomic E-state index is 0.0366. The highest BCUT2D eigenvalue weighted by Crippen LogP contribution is 2.16. The molecule has 1 unspecified atom stereocenters. The van der Waals surface area contributed by atoms with Gasteiger partial charge in [0.15, 0.2) is 5.65 Å². The molecule has 2 aromatic rings. The Balaban J connectivity index is 2.39. The number of carbonyl (C=O) groups is 1. The summed E-state index contributed by atoms with van der Waals surface area (Å²) in [6.45, 7) is 6.23. The number of aryl methyl sites for hydroxylation is 1. The molecular formula is C15H21BrN4O. The Morgan fingerprint density at radius 3 is 2.76 bits per heavy atom. The molecule has 6 heteroatoms. The van der Waals surface area contributed by atoms with Gasteiger partial charge in [0.2, 0.25) is 0 Å². The molecule has 2 aromatic heterocycles. The lowest BCUT2D eigenvalue weighted by atomic mass is 10.1. The predicted molar refractivity (Wildman–Crippen MR) is 86.5 cm³/mol. The Kier molecular flexibility index (Phi) is 4.98. The maximum Gasteiger partial charge on any atom is 0.272 e. The van der Waals surface area contributed by atoms with E-state index in [2.05, 4.69) is 39.9 Å². The zero-order chi connectivity index (χ0) is 15.6. The zero-order valence-electron chi connectivity index (χ0n) is 12.9. The summed E-state index contributed by atoms with van der Waals surface area (Å²) in [5.74, 6) is -0.0366. The molecule has 1 atom stereocenters. The molecule has 0 saturated carbocycles. The Morgan fingerprint density at radius 2 is 2.14 bits per heavy atom. The van der Waals surface area contributed by atoms with E-state index in [0.29, 0.717) is 11.3 Å². The lowest BCUT2D eigenvalue weighted by Gasteiger charge is -2.24. The van der Waals surface area contributed by atoms with Crippen LogP contribution in [-0.4, -0.2) is 38.5 Å². The fourth-order valence-electron chi connectivity index (χ4n) is 2.36. The number of nitrogens with zero attached hydrogens (tertiary/aromatic N) is 4. The van der Waals surface area contributed by atoms with Crippen LogP contribution in [-0.2, 0) is 6.42 Å². The first-order chi connectivity index (χ1) is 9.97. The van der Waals surface area contributed by atoms with Crippen molar-refractivity contribution in [2.75, 3.05) is 7.05 Å². The average Bonchev–Trinajstić information content (AvgIpc) is 2.84. The highest BCUT2D eigenvalue weighted by atomic mass is 79.9. The molecule has 0 spiro atoms. The lowest BCUT2D eigenvalue weighted by Crippen LogP contribution is -2.35. The van der Waals surface area contributed by atoms with Crippen LogP contribution in [0, 0.1) is 0 Å². The van der Waals surface area contributed by atoms with E-state index in [4.69, 9.17) is 0 Å². The molecule has 0 fully saturated rings. The monoisotopic (exact) mass is 352 g/mol. The maximum atomic E-state index is 12.6. The van der Waals surface area contributed by atoms with Crippen LogP contribution in [0.15, 0.2) is 16.7 Å². The molecule has 0 saturated heterocycles. The first-order valence-corrected chi connectivity index (χ1v) is 8.09. The lowest BCUT2D eigenvalue weighted by molar-refractivity contribution is 0.0731. The number of amides is 1. The van der Waals surface area contributed by atoms with Crippen LogP contribution in [0.3, 0.4) is 0 Å². The second-order valence-electron chi connectivity index (χ2n) is 5.28. The van der Waals surface area contributed by atoms with E-state index in [1.165, 1.54) is 0 Å². The van der Waals surface area contributed by atoms with E-state index in [9.17, 15) is 4.79 Å². The molecule has 21 heavy (non-hydrogen) atoms. The number of carbonyl (C=O) groups excluding carboxylic acids is 1. The van der Waals surface area contributed by atoms with Crippen LogP contribution in [0.4, 0.5) is 0 Å². The van der Waals surface area contributed by atoms with Crippen LogP contribution >= 0.6 is 15.9 Å². The molecule has 0 aliphatic carbocycles. The highest BCUT2D eigenvalue weighted by molar-refractivity contribution is 9.10. The van der Waals surface area contributed by atoms with E-state index in [-0.39, 0.29) is 11.9 Å². The quantitative estimate of drug-likeness (QED) is 0.829. The standard InChI is InChI=1S/C15H21BrN4O/c1-5-7-10(3)19(4)15(21)12-8-11(6-2)20-14(17-12)9-13(16)18-20/h8-10H,5-7H2,1-4H3. The number of halogens is 1. The molecule has 0 aromatic carbocycles. The zero-order valence-corrected chi connectivity index (χ0v) is 14.5. The molecular weight excluding hydrogens is 332 g/mol. The van der Waals surface area contributed by atoms with Crippen LogP contribution in [0.1, 0.15) is 49.8 Å². The van der Waals surface area contributed by atoms with Gasteiger partial charge >= 0.3 is 0 Å².